The third-order valence-corrected chi connectivity index (χ3v) is 5.15. The lowest BCUT2D eigenvalue weighted by molar-refractivity contribution is -0.146. The summed E-state index contributed by atoms with van der Waals surface area (Å²) in [5.41, 5.74) is 0.678. The van der Waals surface area contributed by atoms with E-state index in [2.05, 4.69) is 29.4 Å². The van der Waals surface area contributed by atoms with Crippen molar-refractivity contribution in [3.63, 3.8) is 0 Å². The average Bonchev–Trinajstić information content (AvgIpc) is 2.68. The number of piperidine rings is 1. The van der Waals surface area contributed by atoms with Crippen LogP contribution >= 0.6 is 0 Å². The number of likely N-dealkylation sites (tertiary alicyclic amines) is 1. The molecule has 30 heavy (non-hydrogen) atoms. The Hall–Kier alpha value is -2.28. The fourth-order valence-electron chi connectivity index (χ4n) is 3.77. The molecule has 1 aliphatic rings. The van der Waals surface area contributed by atoms with Crippen LogP contribution in [-0.4, -0.2) is 56.4 Å². The van der Waals surface area contributed by atoms with E-state index in [0.717, 1.165) is 25.1 Å². The van der Waals surface area contributed by atoms with Crippen molar-refractivity contribution in [3.05, 3.63) is 29.8 Å². The van der Waals surface area contributed by atoms with Crippen molar-refractivity contribution in [2.75, 3.05) is 33.9 Å². The minimum atomic E-state index is -0.531. The van der Waals surface area contributed by atoms with E-state index in [1.165, 1.54) is 5.56 Å². The number of ether oxygens (including phenoxy) is 3. The van der Waals surface area contributed by atoms with Gasteiger partial charge in [0.25, 0.3) is 0 Å². The van der Waals surface area contributed by atoms with Gasteiger partial charge in [-0.3, -0.25) is 9.69 Å². The van der Waals surface area contributed by atoms with Crippen LogP contribution in [0.3, 0.4) is 0 Å². The highest BCUT2D eigenvalue weighted by Gasteiger charge is 2.31. The number of carbonyl (C=O) groups excluding carboxylic acids is 2. The molecule has 2 rings (SSSR count). The van der Waals surface area contributed by atoms with E-state index >= 15 is 0 Å². The second kappa shape index (κ2) is 11.2. The summed E-state index contributed by atoms with van der Waals surface area (Å²) in [5.74, 6) is 0.851. The van der Waals surface area contributed by atoms with Gasteiger partial charge in [0.2, 0.25) is 0 Å². The number of nitrogens with one attached hydrogen (secondary N) is 1. The monoisotopic (exact) mass is 420 g/mol. The van der Waals surface area contributed by atoms with E-state index in [9.17, 15) is 9.59 Å². The van der Waals surface area contributed by atoms with E-state index in [1.807, 2.05) is 32.9 Å². The van der Waals surface area contributed by atoms with E-state index in [1.54, 1.807) is 7.11 Å². The van der Waals surface area contributed by atoms with Crippen LogP contribution in [0, 0.1) is 5.92 Å². The second-order valence-corrected chi connectivity index (χ2v) is 8.82. The van der Waals surface area contributed by atoms with Gasteiger partial charge in [-0.25, -0.2) is 4.79 Å². The van der Waals surface area contributed by atoms with Crippen LogP contribution in [0.5, 0.6) is 5.75 Å². The van der Waals surface area contributed by atoms with Gasteiger partial charge in [-0.2, -0.15) is 0 Å². The average molecular weight is 421 g/mol. The standard InChI is InChI=1S/C23H36N2O5/c1-23(2,3)30-22(27)24-14-6-9-20(26)29-16-18-8-7-15-25(4)21(18)17-10-12-19(28-5)13-11-17/h10-13,18,21H,6-9,14-16H2,1-5H3,(H,24,27)/t18-,21+/m1/s1. The summed E-state index contributed by atoms with van der Waals surface area (Å²) in [6.07, 6.45) is 2.43. The van der Waals surface area contributed by atoms with Crippen LogP contribution in [-0.2, 0) is 14.3 Å². The molecule has 1 aromatic carbocycles. The van der Waals surface area contributed by atoms with E-state index in [0.29, 0.717) is 19.6 Å². The van der Waals surface area contributed by atoms with Gasteiger partial charge in [0.05, 0.1) is 13.7 Å². The molecule has 1 N–H and O–H groups in total. The number of esters is 1. The molecule has 7 nitrogen and oxygen atoms in total. The van der Waals surface area contributed by atoms with E-state index < -0.39 is 11.7 Å². The summed E-state index contributed by atoms with van der Waals surface area (Å²) in [6.45, 7) is 7.24. The molecular formula is C23H36N2O5. The quantitative estimate of drug-likeness (QED) is 0.507. The van der Waals surface area contributed by atoms with Crippen molar-refractivity contribution < 1.29 is 23.8 Å². The lowest BCUT2D eigenvalue weighted by Crippen LogP contribution is -2.38. The zero-order valence-corrected chi connectivity index (χ0v) is 18.9. The van der Waals surface area contributed by atoms with Gasteiger partial charge in [-0.05, 0) is 71.3 Å². The van der Waals surface area contributed by atoms with E-state index in [4.69, 9.17) is 14.2 Å². The molecular weight excluding hydrogens is 384 g/mol. The summed E-state index contributed by atoms with van der Waals surface area (Å²) in [6, 6.07) is 8.33. The molecule has 7 heteroatoms. The molecule has 0 radical (unpaired) electrons. The maximum atomic E-state index is 12.2. The third kappa shape index (κ3) is 7.86. The third-order valence-electron chi connectivity index (χ3n) is 5.15. The number of hydrogen-bond acceptors (Lipinski definition) is 6. The summed E-state index contributed by atoms with van der Waals surface area (Å²) in [7, 11) is 3.78. The first-order valence-electron chi connectivity index (χ1n) is 10.7. The topological polar surface area (TPSA) is 77.1 Å². The summed E-state index contributed by atoms with van der Waals surface area (Å²) in [5, 5.41) is 2.66. The first kappa shape index (κ1) is 24.0. The zero-order chi connectivity index (χ0) is 22.1. The fraction of sp³-hybridized carbons (Fsp3) is 0.652. The Kier molecular flexibility index (Phi) is 8.96. The number of methoxy groups -OCH3 is 1. The van der Waals surface area contributed by atoms with Crippen molar-refractivity contribution in [1.82, 2.24) is 10.2 Å². The Morgan fingerprint density at radius 3 is 2.53 bits per heavy atom. The molecule has 168 valence electrons. The highest BCUT2D eigenvalue weighted by molar-refractivity contribution is 5.70. The number of rotatable bonds is 8. The minimum absolute atomic E-state index is 0.214. The number of amides is 1. The highest BCUT2D eigenvalue weighted by atomic mass is 16.6. The Morgan fingerprint density at radius 2 is 1.90 bits per heavy atom. The van der Waals surface area contributed by atoms with Crippen LogP contribution in [0.1, 0.15) is 58.1 Å². The molecule has 2 atom stereocenters. The predicted molar refractivity (Wildman–Crippen MR) is 116 cm³/mol. The number of carbonyl (C=O) groups is 2. The van der Waals surface area contributed by atoms with Gasteiger partial charge in [0, 0.05) is 24.9 Å². The molecule has 1 aromatic rings. The Labute approximate surface area is 180 Å². The van der Waals surface area contributed by atoms with Gasteiger partial charge in [-0.15, -0.1) is 0 Å². The highest BCUT2D eigenvalue weighted by Crippen LogP contribution is 2.35. The number of benzene rings is 1. The first-order valence-corrected chi connectivity index (χ1v) is 10.7. The maximum absolute atomic E-state index is 12.2. The van der Waals surface area contributed by atoms with Gasteiger partial charge < -0.3 is 19.5 Å². The number of hydrogen-bond donors (Lipinski definition) is 1. The molecule has 0 bridgehead atoms. The number of alkyl carbamates (subject to hydrolysis) is 1. The van der Waals surface area contributed by atoms with Gasteiger partial charge in [-0.1, -0.05) is 12.1 Å². The molecule has 1 amide bonds. The normalized spacial score (nSPS) is 19.8. The lowest BCUT2D eigenvalue weighted by atomic mass is 9.85. The largest absolute Gasteiger partial charge is 0.497 e. The molecule has 1 fully saturated rings. The second-order valence-electron chi connectivity index (χ2n) is 8.82. The Bertz CT molecular complexity index is 684. The van der Waals surface area contributed by atoms with Crippen LogP contribution in [0.2, 0.25) is 0 Å². The van der Waals surface area contributed by atoms with Crippen LogP contribution in [0.4, 0.5) is 4.79 Å². The maximum Gasteiger partial charge on any atom is 0.407 e. The lowest BCUT2D eigenvalue weighted by Gasteiger charge is -2.39. The Balaban J connectivity index is 1.78. The molecule has 0 spiro atoms. The summed E-state index contributed by atoms with van der Waals surface area (Å²) >= 11 is 0. The van der Waals surface area contributed by atoms with Crippen molar-refractivity contribution >= 4 is 12.1 Å². The summed E-state index contributed by atoms with van der Waals surface area (Å²) in [4.78, 5) is 26.1. The molecule has 0 aliphatic carbocycles. The van der Waals surface area contributed by atoms with Gasteiger partial charge >= 0.3 is 12.1 Å². The van der Waals surface area contributed by atoms with Crippen LogP contribution < -0.4 is 10.1 Å². The molecule has 1 heterocycles. The molecule has 0 saturated carbocycles. The smallest absolute Gasteiger partial charge is 0.407 e. The van der Waals surface area contributed by atoms with Crippen LogP contribution in [0.25, 0.3) is 0 Å². The molecule has 0 unspecified atom stereocenters. The molecule has 1 saturated heterocycles. The zero-order valence-electron chi connectivity index (χ0n) is 18.9. The van der Waals surface area contributed by atoms with Crippen LogP contribution in [0.15, 0.2) is 24.3 Å². The van der Waals surface area contributed by atoms with Crippen molar-refractivity contribution in [2.24, 2.45) is 5.92 Å². The van der Waals surface area contributed by atoms with Gasteiger partial charge in [0.15, 0.2) is 0 Å². The minimum Gasteiger partial charge on any atom is -0.497 e. The summed E-state index contributed by atoms with van der Waals surface area (Å²) < 4.78 is 16.0. The number of nitrogens with zero attached hydrogens (tertiary/aromatic N) is 1. The van der Waals surface area contributed by atoms with Crippen molar-refractivity contribution in [3.8, 4) is 5.75 Å². The SMILES string of the molecule is COc1ccc([C@H]2[C@@H](COC(=O)CCCNC(=O)OC(C)(C)C)CCCN2C)cc1. The van der Waals surface area contributed by atoms with Crippen molar-refractivity contribution in [1.29, 1.82) is 0 Å². The predicted octanol–water partition coefficient (Wildman–Crippen LogP) is 3.93. The molecule has 1 aliphatic heterocycles. The fourth-order valence-corrected chi connectivity index (χ4v) is 3.77. The van der Waals surface area contributed by atoms with E-state index in [-0.39, 0.29) is 24.3 Å². The van der Waals surface area contributed by atoms with Gasteiger partial charge in [0.1, 0.15) is 11.4 Å². The first-order chi connectivity index (χ1) is 14.2. The molecule has 0 aromatic heterocycles. The Morgan fingerprint density at radius 1 is 1.20 bits per heavy atom. The van der Waals surface area contributed by atoms with Crippen molar-refractivity contribution in [2.45, 2.75) is 58.1 Å².